The molecule has 2 bridgehead atoms. The molecule has 0 saturated carbocycles. The molecule has 0 amide bonds. The number of rotatable bonds is 3. The fourth-order valence-corrected chi connectivity index (χ4v) is 4.00. The highest BCUT2D eigenvalue weighted by atomic mass is 16.5. The Bertz CT molecular complexity index is 475. The Kier molecular flexibility index (Phi) is 3.27. The van der Waals surface area contributed by atoms with Gasteiger partial charge in [-0.1, -0.05) is 18.5 Å². The summed E-state index contributed by atoms with van der Waals surface area (Å²) in [6, 6.07) is 0.245. The number of ether oxygens (including phenoxy) is 1. The first-order valence-electron chi connectivity index (χ1n) is 8.05. The fraction of sp³-hybridized carbons (Fsp3) is 0.867. The van der Waals surface area contributed by atoms with E-state index in [4.69, 9.17) is 9.26 Å². The van der Waals surface area contributed by atoms with E-state index in [-0.39, 0.29) is 6.04 Å². The van der Waals surface area contributed by atoms with Crippen molar-refractivity contribution in [3.8, 4) is 0 Å². The van der Waals surface area contributed by atoms with Crippen molar-refractivity contribution in [2.24, 2.45) is 5.92 Å². The summed E-state index contributed by atoms with van der Waals surface area (Å²) in [4.78, 5) is 4.68. The molecular weight excluding hydrogens is 254 g/mol. The third-order valence-corrected chi connectivity index (χ3v) is 5.28. The predicted molar refractivity (Wildman–Crippen MR) is 73.3 cm³/mol. The summed E-state index contributed by atoms with van der Waals surface area (Å²) in [6.45, 7) is 3.32. The van der Waals surface area contributed by atoms with Crippen LogP contribution in [0.2, 0.25) is 0 Å². The second-order valence-corrected chi connectivity index (χ2v) is 6.51. The van der Waals surface area contributed by atoms with E-state index in [1.54, 1.807) is 0 Å². The highest BCUT2D eigenvalue weighted by Crippen LogP contribution is 2.43. The molecule has 110 valence electrons. The van der Waals surface area contributed by atoms with E-state index < -0.39 is 0 Å². The van der Waals surface area contributed by atoms with Crippen molar-refractivity contribution < 1.29 is 9.26 Å². The van der Waals surface area contributed by atoms with Crippen LogP contribution < -0.4 is 5.32 Å². The molecule has 5 atom stereocenters. The summed E-state index contributed by atoms with van der Waals surface area (Å²) < 4.78 is 11.4. The monoisotopic (exact) mass is 277 g/mol. The number of hydrogen-bond acceptors (Lipinski definition) is 5. The molecule has 1 aromatic heterocycles. The summed E-state index contributed by atoms with van der Waals surface area (Å²) in [6.07, 6.45) is 7.79. The summed E-state index contributed by atoms with van der Waals surface area (Å²) >= 11 is 0. The maximum absolute atomic E-state index is 5.89. The molecule has 20 heavy (non-hydrogen) atoms. The lowest BCUT2D eigenvalue weighted by Crippen LogP contribution is -2.31. The Morgan fingerprint density at radius 1 is 1.25 bits per heavy atom. The lowest BCUT2D eigenvalue weighted by Gasteiger charge is -2.27. The summed E-state index contributed by atoms with van der Waals surface area (Å²) in [5, 5.41) is 7.75. The van der Waals surface area contributed by atoms with E-state index in [1.807, 2.05) is 0 Å². The minimum Gasteiger partial charge on any atom is -0.374 e. The normalized spacial score (nSPS) is 40.4. The van der Waals surface area contributed by atoms with Crippen LogP contribution in [0, 0.1) is 5.92 Å². The van der Waals surface area contributed by atoms with Gasteiger partial charge in [0, 0.05) is 0 Å². The van der Waals surface area contributed by atoms with Crippen LogP contribution in [0.4, 0.5) is 0 Å². The zero-order chi connectivity index (χ0) is 13.5. The summed E-state index contributed by atoms with van der Waals surface area (Å²) in [5.41, 5.74) is 0. The molecular formula is C15H23N3O2. The molecule has 3 saturated heterocycles. The van der Waals surface area contributed by atoms with Crippen LogP contribution in [0.5, 0.6) is 0 Å². The largest absolute Gasteiger partial charge is 0.374 e. The van der Waals surface area contributed by atoms with E-state index in [1.165, 1.54) is 19.3 Å². The standard InChI is InChI=1S/C15H23N3O2/c1-2-9-5-6-16-12(7-9)15-17-14(18-20-15)11-8-10-3-4-13(11)19-10/h9-13,16H,2-8H2,1H3. The molecule has 0 spiro atoms. The van der Waals surface area contributed by atoms with E-state index in [0.717, 1.165) is 43.4 Å². The van der Waals surface area contributed by atoms with Gasteiger partial charge in [0.15, 0.2) is 5.82 Å². The van der Waals surface area contributed by atoms with Gasteiger partial charge in [0.25, 0.3) is 0 Å². The maximum Gasteiger partial charge on any atom is 0.243 e. The number of aromatic nitrogens is 2. The lowest BCUT2D eigenvalue weighted by molar-refractivity contribution is 0.0996. The van der Waals surface area contributed by atoms with Gasteiger partial charge < -0.3 is 14.6 Å². The Balaban J connectivity index is 1.48. The van der Waals surface area contributed by atoms with E-state index in [0.29, 0.717) is 18.1 Å². The first kappa shape index (κ1) is 12.8. The van der Waals surface area contributed by atoms with Crippen molar-refractivity contribution >= 4 is 0 Å². The molecule has 5 nitrogen and oxygen atoms in total. The Morgan fingerprint density at radius 2 is 2.20 bits per heavy atom. The minimum absolute atomic E-state index is 0.245. The molecule has 0 aliphatic carbocycles. The second-order valence-electron chi connectivity index (χ2n) is 6.51. The van der Waals surface area contributed by atoms with Gasteiger partial charge in [0.2, 0.25) is 5.89 Å². The minimum atomic E-state index is 0.245. The smallest absolute Gasteiger partial charge is 0.243 e. The average Bonchev–Trinajstić information content (AvgIpc) is 3.22. The molecule has 5 heteroatoms. The van der Waals surface area contributed by atoms with E-state index in [2.05, 4.69) is 22.4 Å². The SMILES string of the molecule is CCC1CCNC(c2nc(C3CC4CCC3O4)no2)C1. The number of nitrogens with one attached hydrogen (secondary N) is 1. The van der Waals surface area contributed by atoms with Gasteiger partial charge in [0.05, 0.1) is 24.2 Å². The van der Waals surface area contributed by atoms with Crippen LogP contribution in [0.15, 0.2) is 4.52 Å². The highest BCUT2D eigenvalue weighted by molar-refractivity contribution is 5.08. The molecule has 0 aromatic carbocycles. The number of hydrogen-bond donors (Lipinski definition) is 1. The molecule has 3 aliphatic heterocycles. The Hall–Kier alpha value is -0.940. The zero-order valence-electron chi connectivity index (χ0n) is 12.0. The van der Waals surface area contributed by atoms with Crippen LogP contribution >= 0.6 is 0 Å². The first-order chi connectivity index (χ1) is 9.83. The van der Waals surface area contributed by atoms with Crippen LogP contribution in [-0.2, 0) is 4.74 Å². The maximum atomic E-state index is 5.89. The first-order valence-corrected chi connectivity index (χ1v) is 8.05. The predicted octanol–water partition coefficient (Wildman–Crippen LogP) is 2.56. The van der Waals surface area contributed by atoms with Crippen LogP contribution in [-0.4, -0.2) is 28.9 Å². The average molecular weight is 277 g/mol. The van der Waals surface area contributed by atoms with E-state index >= 15 is 0 Å². The van der Waals surface area contributed by atoms with Crippen molar-refractivity contribution in [2.75, 3.05) is 6.54 Å². The number of fused-ring (bicyclic) bond motifs is 2. The molecule has 3 fully saturated rings. The van der Waals surface area contributed by atoms with Crippen LogP contribution in [0.25, 0.3) is 0 Å². The third-order valence-electron chi connectivity index (χ3n) is 5.28. The summed E-state index contributed by atoms with van der Waals surface area (Å²) in [7, 11) is 0. The summed E-state index contributed by atoms with van der Waals surface area (Å²) in [5.74, 6) is 2.78. The molecule has 4 rings (SSSR count). The molecule has 3 aliphatic rings. The lowest BCUT2D eigenvalue weighted by atomic mass is 9.88. The van der Waals surface area contributed by atoms with Crippen molar-refractivity contribution in [1.29, 1.82) is 0 Å². The Morgan fingerprint density at radius 3 is 2.95 bits per heavy atom. The van der Waals surface area contributed by atoms with Gasteiger partial charge in [0.1, 0.15) is 0 Å². The van der Waals surface area contributed by atoms with Gasteiger partial charge in [-0.2, -0.15) is 4.98 Å². The van der Waals surface area contributed by atoms with Gasteiger partial charge in [-0.15, -0.1) is 0 Å². The van der Waals surface area contributed by atoms with Crippen LogP contribution in [0.1, 0.15) is 69.1 Å². The molecule has 0 radical (unpaired) electrons. The zero-order valence-corrected chi connectivity index (χ0v) is 12.0. The van der Waals surface area contributed by atoms with Crippen molar-refractivity contribution in [2.45, 2.75) is 69.6 Å². The second kappa shape index (κ2) is 5.11. The topological polar surface area (TPSA) is 60.2 Å². The quantitative estimate of drug-likeness (QED) is 0.920. The Labute approximate surface area is 119 Å². The van der Waals surface area contributed by atoms with Crippen molar-refractivity contribution in [3.63, 3.8) is 0 Å². The molecule has 1 N–H and O–H groups in total. The number of nitrogens with zero attached hydrogens (tertiary/aromatic N) is 2. The molecule has 5 unspecified atom stereocenters. The van der Waals surface area contributed by atoms with Gasteiger partial charge >= 0.3 is 0 Å². The van der Waals surface area contributed by atoms with Crippen LogP contribution in [0.3, 0.4) is 0 Å². The van der Waals surface area contributed by atoms with Crippen molar-refractivity contribution in [3.05, 3.63) is 11.7 Å². The molecule has 4 heterocycles. The van der Waals surface area contributed by atoms with Gasteiger partial charge in [-0.3, -0.25) is 0 Å². The highest BCUT2D eigenvalue weighted by Gasteiger charge is 2.44. The van der Waals surface area contributed by atoms with E-state index in [9.17, 15) is 0 Å². The van der Waals surface area contributed by atoms with Gasteiger partial charge in [-0.05, 0) is 44.6 Å². The third kappa shape index (κ3) is 2.17. The fourth-order valence-electron chi connectivity index (χ4n) is 4.00. The molecule has 1 aromatic rings. The van der Waals surface area contributed by atoms with Crippen molar-refractivity contribution in [1.82, 2.24) is 15.5 Å². The van der Waals surface area contributed by atoms with Gasteiger partial charge in [-0.25, -0.2) is 0 Å². The number of piperidine rings is 1.